The number of hydrazine groups is 1. The lowest BCUT2D eigenvalue weighted by Gasteiger charge is -2.09. The molecular weight excluding hydrogens is 364 g/mol. The van der Waals surface area contributed by atoms with E-state index in [9.17, 15) is 0 Å². The van der Waals surface area contributed by atoms with Gasteiger partial charge in [-0.15, -0.1) is 0 Å². The summed E-state index contributed by atoms with van der Waals surface area (Å²) in [6.07, 6.45) is 6.43. The van der Waals surface area contributed by atoms with Gasteiger partial charge in [0, 0.05) is 18.3 Å². The minimum atomic E-state index is 0.184. The van der Waals surface area contributed by atoms with Gasteiger partial charge in [-0.1, -0.05) is 30.3 Å². The van der Waals surface area contributed by atoms with Crippen molar-refractivity contribution >= 4 is 0 Å². The first-order chi connectivity index (χ1) is 14.3. The maximum atomic E-state index is 6.27. The van der Waals surface area contributed by atoms with E-state index in [1.807, 2.05) is 49.8 Å². The molecule has 7 heteroatoms. The Labute approximate surface area is 168 Å². The number of hydrogen-bond donors (Lipinski definition) is 2. The zero-order chi connectivity index (χ0) is 19.6. The van der Waals surface area contributed by atoms with Gasteiger partial charge >= 0.3 is 0 Å². The van der Waals surface area contributed by atoms with Gasteiger partial charge in [-0.25, -0.2) is 10.4 Å². The summed E-state index contributed by atoms with van der Waals surface area (Å²) in [5.41, 5.74) is 11.1. The van der Waals surface area contributed by atoms with Crippen LogP contribution in [0.2, 0.25) is 0 Å². The van der Waals surface area contributed by atoms with Gasteiger partial charge in [0.2, 0.25) is 0 Å². The molecular formula is C22H22N6O. The van der Waals surface area contributed by atoms with E-state index >= 15 is 0 Å². The Kier molecular flexibility index (Phi) is 4.67. The molecule has 0 saturated carbocycles. The summed E-state index contributed by atoms with van der Waals surface area (Å²) >= 11 is 0. The third kappa shape index (κ3) is 3.57. The third-order valence-electron chi connectivity index (χ3n) is 5.09. The van der Waals surface area contributed by atoms with Gasteiger partial charge in [0.05, 0.1) is 42.2 Å². The molecule has 4 heterocycles. The standard InChI is InChI=1S/C22H22N6O/c1-15-11-24-17(12-23-15)13-28-14-25-21(16-5-3-2-4-6-16)22(28)20-8-7-19(29-20)18-9-10-26-27-18/h2-8,11-12,14,18,26-27H,9-10,13H2,1H3. The predicted molar refractivity (Wildman–Crippen MR) is 110 cm³/mol. The van der Waals surface area contributed by atoms with Crippen molar-refractivity contribution in [3.8, 4) is 22.7 Å². The molecule has 0 amide bonds. The van der Waals surface area contributed by atoms with Crippen molar-refractivity contribution in [2.75, 3.05) is 6.54 Å². The average molecular weight is 386 g/mol. The highest BCUT2D eigenvalue weighted by Crippen LogP contribution is 2.34. The van der Waals surface area contributed by atoms with Crippen LogP contribution in [0.25, 0.3) is 22.7 Å². The normalized spacial score (nSPS) is 16.4. The Morgan fingerprint density at radius 1 is 1.07 bits per heavy atom. The summed E-state index contributed by atoms with van der Waals surface area (Å²) in [6.45, 7) is 3.44. The minimum Gasteiger partial charge on any atom is -0.458 e. The van der Waals surface area contributed by atoms with Gasteiger partial charge in [0.15, 0.2) is 5.76 Å². The Balaban J connectivity index is 1.57. The SMILES string of the molecule is Cc1cnc(Cn2cnc(-c3ccccc3)c2-c2ccc(C3CCNN3)o2)cn1. The Morgan fingerprint density at radius 2 is 1.97 bits per heavy atom. The molecule has 146 valence electrons. The molecule has 1 saturated heterocycles. The molecule has 1 fully saturated rings. The van der Waals surface area contributed by atoms with E-state index in [0.29, 0.717) is 6.54 Å². The van der Waals surface area contributed by atoms with E-state index in [1.54, 1.807) is 6.20 Å². The second kappa shape index (κ2) is 7.62. The molecule has 0 spiro atoms. The van der Waals surface area contributed by atoms with Crippen LogP contribution in [0.15, 0.2) is 65.6 Å². The highest BCUT2D eigenvalue weighted by molar-refractivity contribution is 5.76. The van der Waals surface area contributed by atoms with Crippen LogP contribution in [-0.2, 0) is 6.54 Å². The summed E-state index contributed by atoms with van der Waals surface area (Å²) in [6, 6.07) is 14.4. The van der Waals surface area contributed by atoms with Crippen LogP contribution < -0.4 is 10.9 Å². The predicted octanol–water partition coefficient (Wildman–Crippen LogP) is 3.50. The first-order valence-corrected chi connectivity index (χ1v) is 9.74. The Morgan fingerprint density at radius 3 is 2.72 bits per heavy atom. The lowest BCUT2D eigenvalue weighted by molar-refractivity contribution is 0.439. The van der Waals surface area contributed by atoms with Crippen molar-refractivity contribution in [2.45, 2.75) is 25.9 Å². The largest absolute Gasteiger partial charge is 0.458 e. The van der Waals surface area contributed by atoms with Gasteiger partial charge < -0.3 is 8.98 Å². The molecule has 0 radical (unpaired) electrons. The zero-order valence-electron chi connectivity index (χ0n) is 16.2. The smallest absolute Gasteiger partial charge is 0.153 e. The van der Waals surface area contributed by atoms with Crippen molar-refractivity contribution in [1.82, 2.24) is 30.4 Å². The molecule has 7 nitrogen and oxygen atoms in total. The summed E-state index contributed by atoms with van der Waals surface area (Å²) in [4.78, 5) is 13.6. The first-order valence-electron chi connectivity index (χ1n) is 9.74. The van der Waals surface area contributed by atoms with Crippen LogP contribution in [0.5, 0.6) is 0 Å². The fraction of sp³-hybridized carbons (Fsp3) is 0.227. The molecule has 2 N–H and O–H groups in total. The van der Waals surface area contributed by atoms with Gasteiger partial charge in [0.25, 0.3) is 0 Å². The zero-order valence-corrected chi connectivity index (χ0v) is 16.2. The maximum Gasteiger partial charge on any atom is 0.153 e. The number of benzene rings is 1. The molecule has 3 aromatic heterocycles. The third-order valence-corrected chi connectivity index (χ3v) is 5.09. The number of furan rings is 1. The monoisotopic (exact) mass is 386 g/mol. The molecule has 0 aliphatic carbocycles. The molecule has 1 atom stereocenters. The molecule has 1 aromatic carbocycles. The number of aromatic nitrogens is 4. The molecule has 29 heavy (non-hydrogen) atoms. The molecule has 1 aliphatic rings. The second-order valence-corrected chi connectivity index (χ2v) is 7.20. The lowest BCUT2D eigenvalue weighted by atomic mass is 10.1. The Bertz CT molecular complexity index is 1090. The number of hydrogen-bond acceptors (Lipinski definition) is 6. The van der Waals surface area contributed by atoms with Crippen molar-refractivity contribution in [3.05, 3.63) is 78.3 Å². The molecule has 0 bridgehead atoms. The second-order valence-electron chi connectivity index (χ2n) is 7.20. The highest BCUT2D eigenvalue weighted by Gasteiger charge is 2.23. The van der Waals surface area contributed by atoms with Gasteiger partial charge in [-0.2, -0.15) is 0 Å². The fourth-order valence-electron chi connectivity index (χ4n) is 3.61. The molecule has 4 aromatic rings. The minimum absolute atomic E-state index is 0.184. The molecule has 1 unspecified atom stereocenters. The van der Waals surface area contributed by atoms with Crippen LogP contribution in [0.1, 0.15) is 29.6 Å². The van der Waals surface area contributed by atoms with Crippen LogP contribution in [0.4, 0.5) is 0 Å². The van der Waals surface area contributed by atoms with E-state index in [4.69, 9.17) is 9.40 Å². The van der Waals surface area contributed by atoms with Crippen molar-refractivity contribution in [1.29, 1.82) is 0 Å². The van der Waals surface area contributed by atoms with E-state index in [1.165, 1.54) is 0 Å². The molecule has 5 rings (SSSR count). The topological polar surface area (TPSA) is 80.8 Å². The van der Waals surface area contributed by atoms with Crippen molar-refractivity contribution < 1.29 is 4.42 Å². The quantitative estimate of drug-likeness (QED) is 0.546. The number of nitrogens with zero attached hydrogens (tertiary/aromatic N) is 4. The van der Waals surface area contributed by atoms with Gasteiger partial charge in [-0.3, -0.25) is 15.4 Å². The summed E-state index contributed by atoms with van der Waals surface area (Å²) in [5.74, 6) is 1.72. The highest BCUT2D eigenvalue weighted by atomic mass is 16.3. The molecule has 1 aliphatic heterocycles. The number of nitrogens with one attached hydrogen (secondary N) is 2. The van der Waals surface area contributed by atoms with E-state index in [-0.39, 0.29) is 6.04 Å². The first kappa shape index (κ1) is 17.8. The average Bonchev–Trinajstić information content (AvgIpc) is 3.50. The fourth-order valence-corrected chi connectivity index (χ4v) is 3.61. The summed E-state index contributed by atoms with van der Waals surface area (Å²) in [7, 11) is 0. The van der Waals surface area contributed by atoms with E-state index in [2.05, 4.69) is 37.5 Å². The van der Waals surface area contributed by atoms with Gasteiger partial charge in [0.1, 0.15) is 11.5 Å². The van der Waals surface area contributed by atoms with Gasteiger partial charge in [-0.05, 0) is 25.5 Å². The van der Waals surface area contributed by atoms with Crippen LogP contribution in [0, 0.1) is 6.92 Å². The number of rotatable bonds is 5. The van der Waals surface area contributed by atoms with Crippen LogP contribution in [-0.4, -0.2) is 26.1 Å². The van der Waals surface area contributed by atoms with E-state index < -0.39 is 0 Å². The number of aryl methyl sites for hydroxylation is 1. The van der Waals surface area contributed by atoms with Crippen LogP contribution in [0.3, 0.4) is 0 Å². The maximum absolute atomic E-state index is 6.27. The van der Waals surface area contributed by atoms with Crippen LogP contribution >= 0.6 is 0 Å². The summed E-state index contributed by atoms with van der Waals surface area (Å²) < 4.78 is 8.35. The van der Waals surface area contributed by atoms with Crippen molar-refractivity contribution in [2.24, 2.45) is 0 Å². The van der Waals surface area contributed by atoms with Crippen molar-refractivity contribution in [3.63, 3.8) is 0 Å². The Hall–Kier alpha value is -3.29. The van der Waals surface area contributed by atoms with E-state index in [0.717, 1.165) is 52.8 Å². The lowest BCUT2D eigenvalue weighted by Crippen LogP contribution is -2.24. The number of imidazole rings is 1. The summed E-state index contributed by atoms with van der Waals surface area (Å²) in [5, 5.41) is 0.